The van der Waals surface area contributed by atoms with Crippen molar-refractivity contribution in [2.75, 3.05) is 0 Å². The molecule has 0 unspecified atom stereocenters. The Morgan fingerprint density at radius 3 is 2.71 bits per heavy atom. The van der Waals surface area contributed by atoms with Crippen molar-refractivity contribution >= 4 is 11.8 Å². The maximum atomic E-state index is 11.4. The zero-order valence-electron chi connectivity index (χ0n) is 7.67. The van der Waals surface area contributed by atoms with E-state index in [4.69, 9.17) is 5.26 Å². The molecule has 0 bridgehead atoms. The Balaban J connectivity index is 2.45. The van der Waals surface area contributed by atoms with Crippen LogP contribution in [-0.2, 0) is 9.59 Å². The van der Waals surface area contributed by atoms with Gasteiger partial charge in [-0.15, -0.1) is 0 Å². The minimum atomic E-state index is -0.733. The smallest absolute Gasteiger partial charge is 0.253 e. The van der Waals surface area contributed by atoms with Gasteiger partial charge in [-0.1, -0.05) is 0 Å². The summed E-state index contributed by atoms with van der Waals surface area (Å²) in [6.45, 7) is 0. The fourth-order valence-corrected chi connectivity index (χ4v) is 2.06. The summed E-state index contributed by atoms with van der Waals surface area (Å²) < 4.78 is 0. The minimum absolute atomic E-state index is 0.295. The number of imide groups is 1. The highest BCUT2D eigenvalue weighted by molar-refractivity contribution is 6.10. The van der Waals surface area contributed by atoms with Crippen molar-refractivity contribution < 1.29 is 9.59 Å². The second-order valence-corrected chi connectivity index (χ2v) is 3.59. The van der Waals surface area contributed by atoms with E-state index in [1.54, 1.807) is 0 Å². The number of carbonyl (C=O) groups is 2. The van der Waals surface area contributed by atoms with Gasteiger partial charge in [0.15, 0.2) is 0 Å². The SMILES string of the molecule is N#C[C@H]1C(=O)NC(=O)C2=C1CCCC2. The molecule has 4 nitrogen and oxygen atoms in total. The van der Waals surface area contributed by atoms with E-state index in [0.717, 1.165) is 18.4 Å². The quantitative estimate of drug-likeness (QED) is 0.570. The maximum Gasteiger partial charge on any atom is 0.253 e. The van der Waals surface area contributed by atoms with Crippen molar-refractivity contribution in [3.8, 4) is 6.07 Å². The third-order valence-electron chi connectivity index (χ3n) is 2.76. The van der Waals surface area contributed by atoms with E-state index in [0.29, 0.717) is 18.4 Å². The third-order valence-corrected chi connectivity index (χ3v) is 2.76. The molecular weight excluding hydrogens is 180 g/mol. The maximum absolute atomic E-state index is 11.4. The zero-order valence-corrected chi connectivity index (χ0v) is 7.67. The van der Waals surface area contributed by atoms with Crippen LogP contribution in [-0.4, -0.2) is 11.8 Å². The summed E-state index contributed by atoms with van der Waals surface area (Å²) in [6, 6.07) is 1.95. The molecule has 0 spiro atoms. The molecule has 0 fully saturated rings. The van der Waals surface area contributed by atoms with E-state index >= 15 is 0 Å². The summed E-state index contributed by atoms with van der Waals surface area (Å²) in [5, 5.41) is 11.1. The molecule has 0 aromatic carbocycles. The number of nitriles is 1. The number of hydrogen-bond acceptors (Lipinski definition) is 3. The zero-order chi connectivity index (χ0) is 10.1. The highest BCUT2D eigenvalue weighted by atomic mass is 16.2. The Bertz CT molecular complexity index is 376. The Labute approximate surface area is 81.6 Å². The number of rotatable bonds is 0. The molecule has 1 atom stereocenters. The monoisotopic (exact) mass is 190 g/mol. The lowest BCUT2D eigenvalue weighted by Crippen LogP contribution is -2.43. The lowest BCUT2D eigenvalue weighted by atomic mass is 9.81. The van der Waals surface area contributed by atoms with Crippen molar-refractivity contribution in [2.24, 2.45) is 5.92 Å². The number of carbonyl (C=O) groups excluding carboxylic acids is 2. The van der Waals surface area contributed by atoms with Gasteiger partial charge in [0.1, 0.15) is 5.92 Å². The Morgan fingerprint density at radius 2 is 2.00 bits per heavy atom. The average molecular weight is 190 g/mol. The normalized spacial score (nSPS) is 26.6. The van der Waals surface area contributed by atoms with Gasteiger partial charge >= 0.3 is 0 Å². The second-order valence-electron chi connectivity index (χ2n) is 3.59. The molecular formula is C10H10N2O2. The molecule has 1 aliphatic carbocycles. The van der Waals surface area contributed by atoms with Crippen molar-refractivity contribution in [2.45, 2.75) is 25.7 Å². The fraction of sp³-hybridized carbons (Fsp3) is 0.500. The Hall–Kier alpha value is -1.63. The minimum Gasteiger partial charge on any atom is -0.291 e. The van der Waals surface area contributed by atoms with Crippen LogP contribution in [0.3, 0.4) is 0 Å². The number of amides is 2. The van der Waals surface area contributed by atoms with Crippen LogP contribution < -0.4 is 5.32 Å². The van der Waals surface area contributed by atoms with Crippen LogP contribution in [0.25, 0.3) is 0 Å². The van der Waals surface area contributed by atoms with Crippen LogP contribution in [0.4, 0.5) is 0 Å². The standard InChI is InChI=1S/C10H10N2O2/c11-5-8-6-3-1-2-4-7(6)9(13)12-10(8)14/h8H,1-4H2,(H,12,13,14)/t8-/m1/s1. The summed E-state index contributed by atoms with van der Waals surface area (Å²) >= 11 is 0. The predicted octanol–water partition coefficient (Wildman–Crippen LogP) is 0.653. The van der Waals surface area contributed by atoms with Gasteiger partial charge in [-0.3, -0.25) is 14.9 Å². The second kappa shape index (κ2) is 3.26. The summed E-state index contributed by atoms with van der Waals surface area (Å²) in [4.78, 5) is 22.7. The molecule has 0 aromatic heterocycles. The fourth-order valence-electron chi connectivity index (χ4n) is 2.06. The van der Waals surface area contributed by atoms with Gasteiger partial charge in [-0.25, -0.2) is 0 Å². The highest BCUT2D eigenvalue weighted by Gasteiger charge is 2.35. The molecule has 2 amide bonds. The first-order valence-corrected chi connectivity index (χ1v) is 4.70. The molecule has 0 radical (unpaired) electrons. The van der Waals surface area contributed by atoms with Crippen LogP contribution in [0, 0.1) is 17.2 Å². The lowest BCUT2D eigenvalue weighted by Gasteiger charge is -2.26. The van der Waals surface area contributed by atoms with Crippen LogP contribution in [0.1, 0.15) is 25.7 Å². The molecule has 14 heavy (non-hydrogen) atoms. The molecule has 1 aliphatic heterocycles. The van der Waals surface area contributed by atoms with Gasteiger partial charge in [-0.05, 0) is 31.3 Å². The van der Waals surface area contributed by atoms with E-state index in [2.05, 4.69) is 5.32 Å². The average Bonchev–Trinajstić information content (AvgIpc) is 2.18. The summed E-state index contributed by atoms with van der Waals surface area (Å²) in [6.07, 6.45) is 3.36. The molecule has 2 aliphatic rings. The number of nitrogens with one attached hydrogen (secondary N) is 1. The molecule has 72 valence electrons. The van der Waals surface area contributed by atoms with Crippen LogP contribution in [0.5, 0.6) is 0 Å². The van der Waals surface area contributed by atoms with E-state index in [9.17, 15) is 9.59 Å². The molecule has 2 rings (SSSR count). The van der Waals surface area contributed by atoms with Gasteiger partial charge in [0.2, 0.25) is 5.91 Å². The first kappa shape index (κ1) is 8.95. The van der Waals surface area contributed by atoms with Crippen LogP contribution in [0.2, 0.25) is 0 Å². The molecule has 0 saturated heterocycles. The van der Waals surface area contributed by atoms with Crippen molar-refractivity contribution in [3.63, 3.8) is 0 Å². The molecule has 0 saturated carbocycles. The van der Waals surface area contributed by atoms with E-state index in [1.807, 2.05) is 6.07 Å². The van der Waals surface area contributed by atoms with Crippen LogP contribution in [0.15, 0.2) is 11.1 Å². The van der Waals surface area contributed by atoms with Gasteiger partial charge in [0.05, 0.1) is 6.07 Å². The van der Waals surface area contributed by atoms with Gasteiger partial charge in [0.25, 0.3) is 5.91 Å². The van der Waals surface area contributed by atoms with Crippen molar-refractivity contribution in [1.82, 2.24) is 5.32 Å². The Kier molecular flexibility index (Phi) is 2.08. The third kappa shape index (κ3) is 1.22. The van der Waals surface area contributed by atoms with E-state index < -0.39 is 11.8 Å². The van der Waals surface area contributed by atoms with Gasteiger partial charge in [-0.2, -0.15) is 5.26 Å². The first-order valence-electron chi connectivity index (χ1n) is 4.70. The topological polar surface area (TPSA) is 70.0 Å². The molecule has 1 heterocycles. The first-order chi connectivity index (χ1) is 6.74. The summed E-state index contributed by atoms with van der Waals surface area (Å²) in [7, 11) is 0. The molecule has 0 aromatic rings. The van der Waals surface area contributed by atoms with Gasteiger partial charge < -0.3 is 0 Å². The van der Waals surface area contributed by atoms with E-state index in [-0.39, 0.29) is 5.91 Å². The molecule has 1 N–H and O–H groups in total. The summed E-state index contributed by atoms with van der Waals surface area (Å²) in [5.74, 6) is -1.49. The largest absolute Gasteiger partial charge is 0.291 e. The highest BCUT2D eigenvalue weighted by Crippen LogP contribution is 2.32. The van der Waals surface area contributed by atoms with Gasteiger partial charge in [0, 0.05) is 5.57 Å². The molecule has 4 heteroatoms. The van der Waals surface area contributed by atoms with Crippen molar-refractivity contribution in [3.05, 3.63) is 11.1 Å². The van der Waals surface area contributed by atoms with Crippen LogP contribution >= 0.6 is 0 Å². The predicted molar refractivity (Wildman–Crippen MR) is 47.7 cm³/mol. The number of nitrogens with zero attached hydrogens (tertiary/aromatic N) is 1. The Morgan fingerprint density at radius 1 is 1.29 bits per heavy atom. The lowest BCUT2D eigenvalue weighted by molar-refractivity contribution is -0.130. The number of hydrogen-bond donors (Lipinski definition) is 1. The summed E-state index contributed by atoms with van der Waals surface area (Å²) in [5.41, 5.74) is 1.43. The van der Waals surface area contributed by atoms with E-state index in [1.165, 1.54) is 0 Å². The van der Waals surface area contributed by atoms with Crippen molar-refractivity contribution in [1.29, 1.82) is 5.26 Å².